The normalized spacial score (nSPS) is 31.7. The van der Waals surface area contributed by atoms with Crippen molar-refractivity contribution < 1.29 is 0 Å². The predicted molar refractivity (Wildman–Crippen MR) is 203 cm³/mol. The summed E-state index contributed by atoms with van der Waals surface area (Å²) in [5, 5.41) is 8.03. The Morgan fingerprint density at radius 3 is 1.88 bits per heavy atom. The Kier molecular flexibility index (Phi) is 4.38. The van der Waals surface area contributed by atoms with Gasteiger partial charge in [0.05, 0.1) is 0 Å². The van der Waals surface area contributed by atoms with Crippen LogP contribution >= 0.6 is 0 Å². The van der Waals surface area contributed by atoms with Crippen LogP contribution < -0.4 is 0 Å². The van der Waals surface area contributed by atoms with Crippen LogP contribution in [0.5, 0.6) is 0 Å². The minimum atomic E-state index is 0.546. The number of fused-ring (bicyclic) bond motifs is 14. The lowest BCUT2D eigenvalue weighted by Gasteiger charge is -2.36. The molecule has 0 nitrogen and oxygen atoms in total. The van der Waals surface area contributed by atoms with E-state index in [-0.39, 0.29) is 0 Å². The molecule has 0 bridgehead atoms. The van der Waals surface area contributed by atoms with Crippen molar-refractivity contribution >= 4 is 32.3 Å². The molecule has 0 heteroatoms. The molecule has 4 fully saturated rings. The summed E-state index contributed by atoms with van der Waals surface area (Å²) in [6, 6.07) is 48.9. The van der Waals surface area contributed by atoms with E-state index in [2.05, 4.69) is 146 Å². The van der Waals surface area contributed by atoms with Crippen molar-refractivity contribution in [3.05, 3.63) is 156 Å². The van der Waals surface area contributed by atoms with Crippen LogP contribution in [0.15, 0.2) is 140 Å². The first kappa shape index (κ1) is 26.0. The van der Waals surface area contributed by atoms with Crippen molar-refractivity contribution in [2.45, 2.75) is 32.1 Å². The summed E-state index contributed by atoms with van der Waals surface area (Å²) < 4.78 is 0. The van der Waals surface area contributed by atoms with E-state index in [1.165, 1.54) is 89.7 Å². The topological polar surface area (TPSA) is 0 Å². The van der Waals surface area contributed by atoms with E-state index in [1.54, 1.807) is 5.56 Å². The molecule has 0 aliphatic heterocycles. The average molecular weight is 625 g/mol. The molecular weight excluding hydrogens is 589 g/mol. The lowest BCUT2D eigenvalue weighted by Crippen LogP contribution is -2.26. The van der Waals surface area contributed by atoms with Crippen LogP contribution in [-0.2, 0) is 6.42 Å². The molecule has 4 saturated carbocycles. The van der Waals surface area contributed by atoms with Gasteiger partial charge in [-0.1, -0.05) is 134 Å². The van der Waals surface area contributed by atoms with Crippen molar-refractivity contribution in [2.24, 2.45) is 34.0 Å². The van der Waals surface area contributed by atoms with Crippen LogP contribution in [0, 0.1) is 34.0 Å². The standard InChI is InChI=1S/C49H36/c1-47-41(27-42(47)49(47)45-46(49)48(45)21-8-22-48)31-18-15-28-16-19-32(25-34(28)24-31)43-36-11-4-6-13-38(36)44(39-14-7-5-12-37(39)43)33-20-17-30-23-29-9-2-3-10-35(29)40(30)26-33/h2-21,24-26,41-42,45-46H,22-23,27H2,1H3/t41-,42?,45?,46?,47+,48?,49?/m1/s1. The minimum absolute atomic E-state index is 0.546. The fourth-order valence-electron chi connectivity index (χ4n) is 12.9. The van der Waals surface area contributed by atoms with Crippen LogP contribution in [0.1, 0.15) is 42.4 Å². The van der Waals surface area contributed by atoms with E-state index in [0.29, 0.717) is 16.2 Å². The monoisotopic (exact) mass is 624 g/mol. The Labute approximate surface area is 287 Å². The molecule has 0 N–H and O–H groups in total. The maximum atomic E-state index is 2.65. The summed E-state index contributed by atoms with van der Waals surface area (Å²) in [5.74, 6) is 3.75. The quantitative estimate of drug-likeness (QED) is 0.136. The maximum absolute atomic E-state index is 2.65. The number of hydrogen-bond acceptors (Lipinski definition) is 0. The zero-order chi connectivity index (χ0) is 31.9. The third-order valence-electron chi connectivity index (χ3n) is 15.1. The molecule has 5 atom stereocenters. The smallest absolute Gasteiger partial charge is 0.000954 e. The summed E-state index contributed by atoms with van der Waals surface area (Å²) >= 11 is 0. The zero-order valence-corrected chi connectivity index (χ0v) is 27.7. The lowest BCUT2D eigenvalue weighted by atomic mass is 9.68. The summed E-state index contributed by atoms with van der Waals surface area (Å²) in [6.07, 6.45) is 8.77. The summed E-state index contributed by atoms with van der Waals surface area (Å²) in [4.78, 5) is 0. The Balaban J connectivity index is 0.951. The molecule has 0 saturated heterocycles. The highest BCUT2D eigenvalue weighted by Crippen LogP contribution is 3.11. The molecule has 3 unspecified atom stereocenters. The molecule has 0 heterocycles. The minimum Gasteiger partial charge on any atom is -0.0871 e. The molecular formula is C49H36. The van der Waals surface area contributed by atoms with Crippen molar-refractivity contribution in [3.8, 4) is 33.4 Å². The molecule has 0 aromatic heterocycles. The van der Waals surface area contributed by atoms with Gasteiger partial charge in [0, 0.05) is 0 Å². The molecule has 6 aliphatic carbocycles. The Morgan fingerprint density at radius 1 is 0.571 bits per heavy atom. The van der Waals surface area contributed by atoms with Crippen molar-refractivity contribution in [1.82, 2.24) is 0 Å². The van der Waals surface area contributed by atoms with Crippen LogP contribution in [0.2, 0.25) is 0 Å². The highest BCUT2D eigenvalue weighted by Gasteiger charge is 3.07. The van der Waals surface area contributed by atoms with Crippen LogP contribution in [0.3, 0.4) is 0 Å². The SMILES string of the molecule is C[C@@]12C(C[C@@H]1c1ccc3ccc(-c4c5ccccc5c(-c5ccc6c(c5)-c5ccccc5C6)c5ccccc45)cc3c1)C21C2C1C21C=CC1. The fourth-order valence-corrected chi connectivity index (χ4v) is 12.9. The Bertz CT molecular complexity index is 2640. The summed E-state index contributed by atoms with van der Waals surface area (Å²) in [7, 11) is 0. The van der Waals surface area contributed by atoms with Crippen molar-refractivity contribution in [1.29, 1.82) is 0 Å². The molecule has 2 spiro atoms. The predicted octanol–water partition coefficient (Wildman–Crippen LogP) is 12.4. The van der Waals surface area contributed by atoms with Gasteiger partial charge in [-0.3, -0.25) is 0 Å². The van der Waals surface area contributed by atoms with Crippen molar-refractivity contribution in [2.75, 3.05) is 0 Å². The number of hydrogen-bond donors (Lipinski definition) is 0. The van der Waals surface area contributed by atoms with Gasteiger partial charge < -0.3 is 0 Å². The first-order chi connectivity index (χ1) is 24.1. The summed E-state index contributed by atoms with van der Waals surface area (Å²) in [5.41, 5.74) is 14.4. The van der Waals surface area contributed by atoms with Gasteiger partial charge in [0.15, 0.2) is 0 Å². The van der Waals surface area contributed by atoms with Crippen LogP contribution in [0.25, 0.3) is 65.7 Å². The number of allylic oxidation sites excluding steroid dienone is 2. The zero-order valence-electron chi connectivity index (χ0n) is 27.7. The third-order valence-corrected chi connectivity index (χ3v) is 15.1. The first-order valence-electron chi connectivity index (χ1n) is 18.5. The van der Waals surface area contributed by atoms with E-state index >= 15 is 0 Å². The van der Waals surface area contributed by atoms with E-state index in [0.717, 1.165) is 30.1 Å². The molecule has 49 heavy (non-hydrogen) atoms. The summed E-state index contributed by atoms with van der Waals surface area (Å²) in [6.45, 7) is 2.65. The molecule has 0 amide bonds. The van der Waals surface area contributed by atoms with Gasteiger partial charge in [-0.15, -0.1) is 0 Å². The highest BCUT2D eigenvalue weighted by molar-refractivity contribution is 6.22. The Morgan fingerprint density at radius 2 is 1.18 bits per heavy atom. The number of benzene rings is 7. The van der Waals surface area contributed by atoms with Crippen LogP contribution in [0.4, 0.5) is 0 Å². The molecule has 232 valence electrons. The van der Waals surface area contributed by atoms with Crippen molar-refractivity contribution in [3.63, 3.8) is 0 Å². The third kappa shape index (κ3) is 2.83. The van der Waals surface area contributed by atoms with E-state index in [1.807, 2.05) is 0 Å². The number of rotatable bonds is 3. The molecule has 7 aromatic carbocycles. The molecule has 0 radical (unpaired) electrons. The molecule has 13 rings (SSSR count). The van der Waals surface area contributed by atoms with Gasteiger partial charge in [-0.25, -0.2) is 0 Å². The van der Waals surface area contributed by atoms with E-state index in [9.17, 15) is 0 Å². The second-order valence-electron chi connectivity index (χ2n) is 16.6. The van der Waals surface area contributed by atoms with Crippen LogP contribution in [-0.4, -0.2) is 0 Å². The van der Waals surface area contributed by atoms with E-state index in [4.69, 9.17) is 0 Å². The second-order valence-corrected chi connectivity index (χ2v) is 16.6. The second kappa shape index (κ2) is 8.26. The van der Waals surface area contributed by atoms with Gasteiger partial charge in [0.1, 0.15) is 0 Å². The maximum Gasteiger partial charge on any atom is -0.000954 e. The largest absolute Gasteiger partial charge is 0.0871 e. The fraction of sp³-hybridized carbons (Fsp3) is 0.224. The highest BCUT2D eigenvalue weighted by atomic mass is 15.1. The van der Waals surface area contributed by atoms with E-state index < -0.39 is 0 Å². The van der Waals surface area contributed by atoms with Gasteiger partial charge in [-0.2, -0.15) is 0 Å². The first-order valence-corrected chi connectivity index (χ1v) is 18.5. The van der Waals surface area contributed by atoms with Gasteiger partial charge in [0.25, 0.3) is 0 Å². The molecule has 7 aromatic rings. The average Bonchev–Trinajstić information content (AvgIpc) is 4.03. The molecule has 6 aliphatic rings. The lowest BCUT2D eigenvalue weighted by molar-refractivity contribution is 0.230. The van der Waals surface area contributed by atoms with Gasteiger partial charge in [-0.05, 0) is 154 Å². The van der Waals surface area contributed by atoms with Gasteiger partial charge in [0.2, 0.25) is 0 Å². The van der Waals surface area contributed by atoms with Gasteiger partial charge >= 0.3 is 0 Å². The Hall–Kier alpha value is -4.94.